The van der Waals surface area contributed by atoms with Crippen LogP contribution in [0, 0.1) is 0 Å². The molecule has 4 heteroatoms. The highest BCUT2D eigenvalue weighted by molar-refractivity contribution is 6.12. The van der Waals surface area contributed by atoms with Crippen molar-refractivity contribution < 1.29 is 4.42 Å². The molecule has 0 bridgehead atoms. The van der Waals surface area contributed by atoms with Crippen molar-refractivity contribution >= 4 is 21.9 Å². The molecule has 0 aliphatic heterocycles. The molecule has 0 spiro atoms. The van der Waals surface area contributed by atoms with Crippen molar-refractivity contribution in [2.24, 2.45) is 0 Å². The van der Waals surface area contributed by atoms with Gasteiger partial charge in [-0.1, -0.05) is 164 Å². The summed E-state index contributed by atoms with van der Waals surface area (Å²) in [5.41, 5.74) is 13.7. The first-order valence-electron chi connectivity index (χ1n) is 18.4. The van der Waals surface area contributed by atoms with Gasteiger partial charge in [0.1, 0.15) is 11.2 Å². The molecule has 10 aromatic rings. The third-order valence-corrected chi connectivity index (χ3v) is 10.1. The van der Waals surface area contributed by atoms with Gasteiger partial charge in [-0.3, -0.25) is 0 Å². The molecule has 0 atom stereocenters. The number of hydrogen-bond acceptors (Lipinski definition) is 4. The molecule has 0 aliphatic rings. The molecule has 8 aromatic carbocycles. The third kappa shape index (κ3) is 6.26. The third-order valence-electron chi connectivity index (χ3n) is 10.1. The Morgan fingerprint density at radius 2 is 0.673 bits per heavy atom. The highest BCUT2D eigenvalue weighted by Crippen LogP contribution is 2.39. The molecule has 10 rings (SSSR count). The lowest BCUT2D eigenvalue weighted by Gasteiger charge is -2.10. The van der Waals surface area contributed by atoms with Gasteiger partial charge >= 0.3 is 0 Å². The van der Waals surface area contributed by atoms with Crippen molar-refractivity contribution in [1.29, 1.82) is 0 Å². The molecule has 258 valence electrons. The van der Waals surface area contributed by atoms with E-state index in [9.17, 15) is 0 Å². The van der Waals surface area contributed by atoms with E-state index in [-0.39, 0.29) is 0 Å². The average Bonchev–Trinajstić information content (AvgIpc) is 3.66. The number of hydrogen-bond donors (Lipinski definition) is 0. The number of benzene rings is 8. The minimum Gasteiger partial charge on any atom is -0.456 e. The van der Waals surface area contributed by atoms with E-state index >= 15 is 0 Å². The summed E-state index contributed by atoms with van der Waals surface area (Å²) >= 11 is 0. The molecule has 0 radical (unpaired) electrons. The monoisotopic (exact) mass is 703 g/mol. The van der Waals surface area contributed by atoms with Crippen LogP contribution >= 0.6 is 0 Å². The number of fused-ring (bicyclic) bond motifs is 3. The Balaban J connectivity index is 1.05. The van der Waals surface area contributed by atoms with Crippen LogP contribution in [0.5, 0.6) is 0 Å². The van der Waals surface area contributed by atoms with Gasteiger partial charge in [0.05, 0.1) is 0 Å². The molecular weight excluding hydrogens is 671 g/mol. The molecule has 0 aliphatic carbocycles. The molecule has 0 N–H and O–H groups in total. The Morgan fingerprint density at radius 3 is 1.18 bits per heavy atom. The summed E-state index contributed by atoms with van der Waals surface area (Å²) in [7, 11) is 0. The topological polar surface area (TPSA) is 51.8 Å². The first kappa shape index (κ1) is 32.2. The van der Waals surface area contributed by atoms with E-state index in [0.29, 0.717) is 17.5 Å². The summed E-state index contributed by atoms with van der Waals surface area (Å²) in [6, 6.07) is 69.5. The van der Waals surface area contributed by atoms with Crippen molar-refractivity contribution in [3.05, 3.63) is 200 Å². The summed E-state index contributed by atoms with van der Waals surface area (Å²) in [4.78, 5) is 15.0. The maximum Gasteiger partial charge on any atom is 0.164 e. The van der Waals surface area contributed by atoms with Crippen LogP contribution < -0.4 is 0 Å². The van der Waals surface area contributed by atoms with Gasteiger partial charge in [-0.2, -0.15) is 0 Å². The molecule has 0 saturated heterocycles. The smallest absolute Gasteiger partial charge is 0.164 e. The standard InChI is InChI=1S/C51H33N3O/c1-4-14-34(15-5-1)37-20-10-21-38(30-37)39-22-11-23-40(31-39)41-24-12-25-42(32-41)43-28-29-46-45(33-43)48-44(26-13-27-47(48)55-46)51-53-49(35-16-6-2-7-17-35)52-50(54-51)36-18-8-3-9-19-36/h1-33H. The predicted molar refractivity (Wildman–Crippen MR) is 225 cm³/mol. The summed E-state index contributed by atoms with van der Waals surface area (Å²) < 4.78 is 6.45. The van der Waals surface area contributed by atoms with Crippen molar-refractivity contribution in [3.8, 4) is 78.7 Å². The zero-order valence-electron chi connectivity index (χ0n) is 29.8. The molecule has 0 saturated carbocycles. The number of nitrogens with zero attached hydrogens (tertiary/aromatic N) is 3. The summed E-state index contributed by atoms with van der Waals surface area (Å²) in [5, 5.41) is 1.99. The molecule has 55 heavy (non-hydrogen) atoms. The van der Waals surface area contributed by atoms with E-state index in [4.69, 9.17) is 19.4 Å². The summed E-state index contributed by atoms with van der Waals surface area (Å²) in [6.07, 6.45) is 0. The van der Waals surface area contributed by atoms with Crippen LogP contribution in [-0.4, -0.2) is 15.0 Å². The van der Waals surface area contributed by atoms with Gasteiger partial charge in [0.15, 0.2) is 17.5 Å². The molecule has 0 amide bonds. The minimum atomic E-state index is 0.600. The van der Waals surface area contributed by atoms with Gasteiger partial charge in [-0.15, -0.1) is 0 Å². The van der Waals surface area contributed by atoms with E-state index in [1.807, 2.05) is 72.8 Å². The Morgan fingerprint density at radius 1 is 0.273 bits per heavy atom. The van der Waals surface area contributed by atoms with Crippen LogP contribution in [0.4, 0.5) is 0 Å². The number of rotatable bonds is 7. The lowest BCUT2D eigenvalue weighted by molar-refractivity contribution is 0.669. The van der Waals surface area contributed by atoms with Crippen LogP contribution in [0.2, 0.25) is 0 Å². The van der Waals surface area contributed by atoms with Crippen LogP contribution in [0.1, 0.15) is 0 Å². The van der Waals surface area contributed by atoms with Gasteiger partial charge in [0, 0.05) is 27.5 Å². The molecule has 2 aromatic heterocycles. The van der Waals surface area contributed by atoms with Crippen LogP contribution in [-0.2, 0) is 0 Å². The van der Waals surface area contributed by atoms with Gasteiger partial charge in [-0.05, 0) is 80.9 Å². The van der Waals surface area contributed by atoms with E-state index < -0.39 is 0 Å². The Bertz CT molecular complexity index is 2910. The number of furan rings is 1. The van der Waals surface area contributed by atoms with Gasteiger partial charge < -0.3 is 4.42 Å². The fourth-order valence-corrected chi connectivity index (χ4v) is 7.39. The molecule has 0 unspecified atom stereocenters. The highest BCUT2D eigenvalue weighted by atomic mass is 16.3. The average molecular weight is 704 g/mol. The summed E-state index contributed by atoms with van der Waals surface area (Å²) in [5.74, 6) is 1.85. The van der Waals surface area contributed by atoms with E-state index in [1.54, 1.807) is 0 Å². The molecule has 0 fully saturated rings. The predicted octanol–water partition coefficient (Wildman–Crippen LogP) is 13.4. The van der Waals surface area contributed by atoms with Crippen molar-refractivity contribution in [2.45, 2.75) is 0 Å². The zero-order valence-corrected chi connectivity index (χ0v) is 29.8. The lowest BCUT2D eigenvalue weighted by Crippen LogP contribution is -2.00. The Hall–Kier alpha value is -7.43. The second kappa shape index (κ2) is 13.8. The quantitative estimate of drug-likeness (QED) is 0.166. The van der Waals surface area contributed by atoms with Gasteiger partial charge in [0.2, 0.25) is 0 Å². The first-order chi connectivity index (χ1) is 27.2. The largest absolute Gasteiger partial charge is 0.456 e. The molecule has 2 heterocycles. The van der Waals surface area contributed by atoms with E-state index in [0.717, 1.165) is 55.3 Å². The second-order valence-electron chi connectivity index (χ2n) is 13.6. The fourth-order valence-electron chi connectivity index (χ4n) is 7.39. The highest BCUT2D eigenvalue weighted by Gasteiger charge is 2.18. The lowest BCUT2D eigenvalue weighted by atomic mass is 9.94. The van der Waals surface area contributed by atoms with E-state index in [1.165, 1.54) is 27.8 Å². The van der Waals surface area contributed by atoms with Crippen molar-refractivity contribution in [2.75, 3.05) is 0 Å². The van der Waals surface area contributed by atoms with Gasteiger partial charge in [0.25, 0.3) is 0 Å². The van der Waals surface area contributed by atoms with Crippen LogP contribution in [0.15, 0.2) is 205 Å². The Kier molecular flexibility index (Phi) is 8.12. The first-order valence-corrected chi connectivity index (χ1v) is 18.4. The maximum absolute atomic E-state index is 6.45. The molecule has 4 nitrogen and oxygen atoms in total. The zero-order chi connectivity index (χ0) is 36.6. The maximum atomic E-state index is 6.45. The van der Waals surface area contributed by atoms with Crippen molar-refractivity contribution in [1.82, 2.24) is 15.0 Å². The number of aromatic nitrogens is 3. The van der Waals surface area contributed by atoms with Crippen LogP contribution in [0.25, 0.3) is 101 Å². The Labute approximate surface area is 319 Å². The van der Waals surface area contributed by atoms with Gasteiger partial charge in [-0.25, -0.2) is 15.0 Å². The molecular formula is C51H33N3O. The fraction of sp³-hybridized carbons (Fsp3) is 0. The minimum absolute atomic E-state index is 0.600. The SMILES string of the molecule is c1ccc(-c2cccc(-c3cccc(-c4cccc(-c5ccc6oc7cccc(-c8nc(-c9ccccc9)nc(-c9ccccc9)n8)c7c6c5)c4)c3)c2)cc1. The van der Waals surface area contributed by atoms with Crippen molar-refractivity contribution in [3.63, 3.8) is 0 Å². The van der Waals surface area contributed by atoms with Crippen LogP contribution in [0.3, 0.4) is 0 Å². The summed E-state index contributed by atoms with van der Waals surface area (Å²) in [6.45, 7) is 0. The normalized spacial score (nSPS) is 11.3. The van der Waals surface area contributed by atoms with E-state index in [2.05, 4.69) is 127 Å². The second-order valence-corrected chi connectivity index (χ2v) is 13.6.